The molecule has 0 aliphatic heterocycles. The van der Waals surface area contributed by atoms with E-state index in [2.05, 4.69) is 27.6 Å². The third-order valence-corrected chi connectivity index (χ3v) is 0. The van der Waals surface area contributed by atoms with Gasteiger partial charge in [-0.3, -0.25) is 0 Å². The zero-order valence-electron chi connectivity index (χ0n) is 5.19. The maximum absolute atomic E-state index is 4.26. The van der Waals surface area contributed by atoms with Crippen molar-refractivity contribution in [1.29, 1.82) is 0 Å². The van der Waals surface area contributed by atoms with E-state index in [1.54, 1.807) is 0 Å². The summed E-state index contributed by atoms with van der Waals surface area (Å²) < 4.78 is 3.19. The first-order chi connectivity index (χ1) is 1.41. The van der Waals surface area contributed by atoms with Crippen LogP contribution >= 0.6 is 23.7 Å². The zero-order chi connectivity index (χ0) is 2.71. The van der Waals surface area contributed by atoms with Crippen molar-refractivity contribution < 1.29 is 151 Å². The molecule has 1 nitrogen and oxygen atoms in total. The first-order valence-corrected chi connectivity index (χ1v) is 0.926. The summed E-state index contributed by atoms with van der Waals surface area (Å²) in [5, 5.41) is 0. The summed E-state index contributed by atoms with van der Waals surface area (Å²) in [5.74, 6) is 0. The summed E-state index contributed by atoms with van der Waals surface area (Å²) >= 11 is 8.53. The minimum atomic E-state index is 0. The van der Waals surface area contributed by atoms with Gasteiger partial charge in [-0.25, -0.2) is 0 Å². The zero-order valence-corrected chi connectivity index (χ0v) is 16.8. The van der Waals surface area contributed by atoms with Crippen molar-refractivity contribution in [2.45, 2.75) is 0 Å². The van der Waals surface area contributed by atoms with E-state index in [0.29, 0.717) is 0 Å². The van der Waals surface area contributed by atoms with E-state index >= 15 is 0 Å². The molecule has 0 spiro atoms. The Kier molecular flexibility index (Phi) is 1150. The van der Waals surface area contributed by atoms with Crippen LogP contribution in [0.1, 0.15) is 0 Å². The maximum Gasteiger partial charge on any atom is 4.00 e. The van der Waals surface area contributed by atoms with Crippen molar-refractivity contribution in [3.8, 4) is 0 Å². The molecule has 0 radical (unpaired) electrons. The first-order valence-electron chi connectivity index (χ1n) is 0.309. The molecule has 0 saturated carbocycles. The van der Waals surface area contributed by atoms with Gasteiger partial charge in [-0.15, -0.1) is 0 Å². The number of hydrogen-bond acceptors (Lipinski definition) is 1. The van der Waals surface area contributed by atoms with E-state index in [9.17, 15) is 0 Å². The van der Waals surface area contributed by atoms with Gasteiger partial charge in [0, 0.05) is 0 Å². The summed E-state index contributed by atoms with van der Waals surface area (Å²) in [6.07, 6.45) is 0. The van der Waals surface area contributed by atoms with Crippen molar-refractivity contribution >= 4 is 23.7 Å². The molecule has 0 heterocycles. The van der Waals surface area contributed by atoms with Gasteiger partial charge in [0.1, 0.15) is 0 Å². The number of hydrogen-bond donors (Lipinski definition) is 0. The molecule has 84 valence electrons. The minimum absolute atomic E-state index is 0. The van der Waals surface area contributed by atoms with Gasteiger partial charge in [0.25, 0.3) is 0 Å². The standard InChI is InChI=1S/Cl2O.8ClH.Ti.Zr/c1-3-2;;;;;;;;;;/h;8*1H;;/q;;;;;;;;;2*+4/p-8. The van der Waals surface area contributed by atoms with Crippen molar-refractivity contribution in [2.75, 3.05) is 0 Å². The molecule has 13 heteroatoms. The quantitative estimate of drug-likeness (QED) is 0.295. The maximum atomic E-state index is 4.26. The fourth-order valence-electron chi connectivity index (χ4n) is 0. The Morgan fingerprint density at radius 3 is 0.538 bits per heavy atom. The summed E-state index contributed by atoms with van der Waals surface area (Å²) in [4.78, 5) is 0. The molecule has 0 N–H and O–H groups in total. The van der Waals surface area contributed by atoms with Crippen LogP contribution in [0.4, 0.5) is 0 Å². The van der Waals surface area contributed by atoms with Crippen LogP contribution in [0.2, 0.25) is 0 Å². The molecule has 0 atom stereocenters. The van der Waals surface area contributed by atoms with E-state index in [1.165, 1.54) is 0 Å². The van der Waals surface area contributed by atoms with Crippen LogP contribution in [0.3, 0.4) is 0 Å². The van der Waals surface area contributed by atoms with E-state index in [-0.39, 0.29) is 147 Å². The third-order valence-electron chi connectivity index (χ3n) is 0. The van der Waals surface area contributed by atoms with Crippen molar-refractivity contribution in [3.05, 3.63) is 0 Å². The Labute approximate surface area is 172 Å². The third kappa shape index (κ3) is 173. The van der Waals surface area contributed by atoms with E-state index in [4.69, 9.17) is 0 Å². The average molecular weight is 510 g/mol. The summed E-state index contributed by atoms with van der Waals surface area (Å²) in [7, 11) is 0. The van der Waals surface area contributed by atoms with Gasteiger partial charge in [-0.2, -0.15) is 3.84 Å². The topological polar surface area (TPSA) is 9.23 Å². The molecule has 0 amide bonds. The summed E-state index contributed by atoms with van der Waals surface area (Å²) in [6, 6.07) is 0. The Bertz CT molecular complexity index is 14.9. The van der Waals surface area contributed by atoms with Gasteiger partial charge in [0.05, 0.1) is 23.7 Å². The largest absolute Gasteiger partial charge is 4.00 e. The molecular weight excluding hydrogens is 510 g/mol. The molecule has 0 saturated heterocycles. The molecule has 0 bridgehead atoms. The van der Waals surface area contributed by atoms with Gasteiger partial charge in [0.15, 0.2) is 0 Å². The van der Waals surface area contributed by atoms with E-state index < -0.39 is 0 Å². The van der Waals surface area contributed by atoms with Gasteiger partial charge in [-0.05, 0) is 0 Å². The summed E-state index contributed by atoms with van der Waals surface area (Å²) in [5.41, 5.74) is 0. The monoisotopic (exact) mass is 504 g/mol. The normalized spacial score (nSPS) is 1.38. The van der Waals surface area contributed by atoms with Gasteiger partial charge >= 0.3 is 47.9 Å². The molecule has 0 aromatic heterocycles. The van der Waals surface area contributed by atoms with Crippen LogP contribution in [0.25, 0.3) is 0 Å². The van der Waals surface area contributed by atoms with Crippen molar-refractivity contribution in [3.63, 3.8) is 0 Å². The van der Waals surface area contributed by atoms with Gasteiger partial charge < -0.3 is 99.3 Å². The van der Waals surface area contributed by atoms with Crippen LogP contribution in [0, 0.1) is 0 Å². The SMILES string of the molecule is ClOCl.[Cl-].[Cl-].[Cl-].[Cl-].[Cl-].[Cl-].[Cl-].[Cl-].[Ti+4].[Zr+4]. The Hall–Kier alpha value is 4.46. The molecule has 0 aliphatic rings. The molecule has 0 aliphatic carbocycles. The summed E-state index contributed by atoms with van der Waals surface area (Å²) in [6.45, 7) is 0. The second-order valence-electron chi connectivity index (χ2n) is 0.0583. The Morgan fingerprint density at radius 2 is 0.538 bits per heavy atom. The molecule has 0 aromatic carbocycles. The molecule has 0 unspecified atom stereocenters. The van der Waals surface area contributed by atoms with Crippen LogP contribution < -0.4 is 99.3 Å². The predicted octanol–water partition coefficient (Wildman–Crippen LogP) is -22.7. The van der Waals surface area contributed by atoms with Crippen molar-refractivity contribution in [1.82, 2.24) is 0 Å². The molecule has 0 rings (SSSR count). The van der Waals surface area contributed by atoms with Crippen LogP contribution in [0.15, 0.2) is 0 Å². The fraction of sp³-hybridized carbons (Fsp3) is 0. The second-order valence-corrected chi connectivity index (χ2v) is 0.525. The number of rotatable bonds is 0. The smallest absolute Gasteiger partial charge is 1.00 e. The first kappa shape index (κ1) is 113. The van der Waals surface area contributed by atoms with E-state index in [1.807, 2.05) is 0 Å². The van der Waals surface area contributed by atoms with Crippen LogP contribution in [-0.2, 0) is 51.8 Å². The van der Waals surface area contributed by atoms with Crippen LogP contribution in [-0.4, -0.2) is 0 Å². The van der Waals surface area contributed by atoms with Gasteiger partial charge in [0.2, 0.25) is 0 Å². The molecule has 13 heavy (non-hydrogen) atoms. The van der Waals surface area contributed by atoms with Crippen LogP contribution in [0.5, 0.6) is 0 Å². The number of halogens is 10. The van der Waals surface area contributed by atoms with Gasteiger partial charge in [-0.1, -0.05) is 0 Å². The molecular formula is Cl10OTiZr. The van der Waals surface area contributed by atoms with Crippen molar-refractivity contribution in [2.24, 2.45) is 0 Å². The molecule has 0 fully saturated rings. The average Bonchev–Trinajstić information content (AvgIpc) is 0.918. The molecule has 0 aromatic rings. The Balaban J connectivity index is -0.000000000444. The second kappa shape index (κ2) is 132. The Morgan fingerprint density at radius 1 is 0.538 bits per heavy atom. The predicted molar refractivity (Wildman–Crippen MR) is 12.8 cm³/mol. The van der Waals surface area contributed by atoms with E-state index in [0.717, 1.165) is 0 Å². The minimum Gasteiger partial charge on any atom is -1.00 e. The fourth-order valence-corrected chi connectivity index (χ4v) is 0.